The van der Waals surface area contributed by atoms with Gasteiger partial charge in [-0.2, -0.15) is 10.2 Å². The van der Waals surface area contributed by atoms with E-state index in [1.165, 1.54) is 0 Å². The van der Waals surface area contributed by atoms with E-state index >= 15 is 0 Å². The number of allylic oxidation sites excluding steroid dienone is 4. The first-order valence-electron chi connectivity index (χ1n) is 4.54. The lowest BCUT2D eigenvalue weighted by Crippen LogP contribution is -2.24. The van der Waals surface area contributed by atoms with Gasteiger partial charge in [-0.25, -0.2) is 0 Å². The van der Waals surface area contributed by atoms with E-state index in [1.807, 2.05) is 48.9 Å². The van der Waals surface area contributed by atoms with E-state index in [0.717, 1.165) is 0 Å². The molecule has 0 aromatic carbocycles. The summed E-state index contributed by atoms with van der Waals surface area (Å²) in [5.41, 5.74) is 0. The zero-order valence-electron chi connectivity index (χ0n) is 7.67. The van der Waals surface area contributed by atoms with Gasteiger partial charge < -0.3 is 10.6 Å². The van der Waals surface area contributed by atoms with Crippen molar-refractivity contribution in [1.82, 2.24) is 10.6 Å². The lowest BCUT2D eigenvalue weighted by molar-refractivity contribution is 0.610. The van der Waals surface area contributed by atoms with Gasteiger partial charge in [-0.05, 0) is 36.7 Å². The second kappa shape index (κ2) is 4.41. The molecule has 0 aromatic rings. The van der Waals surface area contributed by atoms with Gasteiger partial charge in [0, 0.05) is 0 Å². The predicted molar refractivity (Wildman–Crippen MR) is 55.3 cm³/mol. The average Bonchev–Trinajstić information content (AvgIpc) is 2.29. The maximum absolute atomic E-state index is 4.14. The lowest BCUT2D eigenvalue weighted by Gasteiger charge is -2.12. The van der Waals surface area contributed by atoms with Crippen LogP contribution >= 0.6 is 0 Å². The van der Waals surface area contributed by atoms with Crippen molar-refractivity contribution >= 4 is 0 Å². The van der Waals surface area contributed by atoms with Gasteiger partial charge in [-0.1, -0.05) is 12.2 Å². The molecule has 0 saturated heterocycles. The van der Waals surface area contributed by atoms with Gasteiger partial charge in [-0.15, -0.1) is 0 Å². The van der Waals surface area contributed by atoms with Crippen molar-refractivity contribution in [3.05, 3.63) is 48.9 Å². The molecule has 0 fully saturated rings. The second-order valence-corrected chi connectivity index (χ2v) is 2.94. The SMILES string of the molecule is C1=CNC(N=NC2C=CC=CN2)C=C1. The molecule has 2 heterocycles. The van der Waals surface area contributed by atoms with E-state index in [0.29, 0.717) is 0 Å². The first kappa shape index (κ1) is 8.74. The summed E-state index contributed by atoms with van der Waals surface area (Å²) in [5.74, 6) is 0. The number of dihydropyridines is 2. The Morgan fingerprint density at radius 3 is 1.57 bits per heavy atom. The Kier molecular flexibility index (Phi) is 2.76. The van der Waals surface area contributed by atoms with Crippen LogP contribution in [0.1, 0.15) is 0 Å². The van der Waals surface area contributed by atoms with Crippen molar-refractivity contribution in [2.75, 3.05) is 0 Å². The average molecular weight is 188 g/mol. The molecule has 0 radical (unpaired) electrons. The molecular formula is C10H12N4. The molecular weight excluding hydrogens is 176 g/mol. The summed E-state index contributed by atoms with van der Waals surface area (Å²) in [7, 11) is 0. The van der Waals surface area contributed by atoms with Gasteiger partial charge in [0.05, 0.1) is 0 Å². The fourth-order valence-corrected chi connectivity index (χ4v) is 1.16. The standard InChI is InChI=1S/C10H12N4/c1-3-7-11-9(5-1)13-14-10-6-2-4-8-12-10/h1-12H. The molecule has 2 aliphatic heterocycles. The molecule has 4 nitrogen and oxygen atoms in total. The molecule has 4 heteroatoms. The van der Waals surface area contributed by atoms with Crippen LogP contribution in [0.2, 0.25) is 0 Å². The highest BCUT2D eigenvalue weighted by molar-refractivity contribution is 5.12. The third-order valence-electron chi connectivity index (χ3n) is 1.85. The van der Waals surface area contributed by atoms with Crippen LogP contribution in [0.15, 0.2) is 59.1 Å². The summed E-state index contributed by atoms with van der Waals surface area (Å²) in [6.07, 6.45) is 15.3. The molecule has 0 saturated carbocycles. The Balaban J connectivity index is 1.87. The van der Waals surface area contributed by atoms with Gasteiger partial charge >= 0.3 is 0 Å². The number of nitrogens with one attached hydrogen (secondary N) is 2. The quantitative estimate of drug-likeness (QED) is 0.644. The van der Waals surface area contributed by atoms with Crippen molar-refractivity contribution in [2.24, 2.45) is 10.2 Å². The van der Waals surface area contributed by atoms with Crippen LogP contribution < -0.4 is 10.6 Å². The van der Waals surface area contributed by atoms with Crippen molar-refractivity contribution in [2.45, 2.75) is 12.3 Å². The Hall–Kier alpha value is -1.84. The van der Waals surface area contributed by atoms with Gasteiger partial charge in [0.25, 0.3) is 0 Å². The smallest absolute Gasteiger partial charge is 0.158 e. The topological polar surface area (TPSA) is 48.8 Å². The van der Waals surface area contributed by atoms with Gasteiger partial charge in [0.15, 0.2) is 12.3 Å². The van der Waals surface area contributed by atoms with E-state index in [2.05, 4.69) is 20.9 Å². The fourth-order valence-electron chi connectivity index (χ4n) is 1.16. The maximum atomic E-state index is 4.14. The Morgan fingerprint density at radius 1 is 0.714 bits per heavy atom. The van der Waals surface area contributed by atoms with E-state index in [4.69, 9.17) is 0 Å². The van der Waals surface area contributed by atoms with Gasteiger partial charge in [0.1, 0.15) is 0 Å². The third-order valence-corrected chi connectivity index (χ3v) is 1.85. The first-order chi connectivity index (χ1) is 6.95. The number of rotatable bonds is 2. The zero-order chi connectivity index (χ0) is 9.64. The Labute approximate surface area is 82.8 Å². The highest BCUT2D eigenvalue weighted by atomic mass is 15.3. The number of azo groups is 1. The molecule has 0 bridgehead atoms. The van der Waals surface area contributed by atoms with Crippen LogP contribution in [0.25, 0.3) is 0 Å². The monoisotopic (exact) mass is 188 g/mol. The summed E-state index contributed by atoms with van der Waals surface area (Å²) >= 11 is 0. The van der Waals surface area contributed by atoms with E-state index < -0.39 is 0 Å². The van der Waals surface area contributed by atoms with Gasteiger partial charge in [0.2, 0.25) is 0 Å². The van der Waals surface area contributed by atoms with Crippen molar-refractivity contribution in [3.8, 4) is 0 Å². The minimum Gasteiger partial charge on any atom is -0.365 e. The summed E-state index contributed by atoms with van der Waals surface area (Å²) < 4.78 is 0. The second-order valence-electron chi connectivity index (χ2n) is 2.94. The third kappa shape index (κ3) is 2.32. The summed E-state index contributed by atoms with van der Waals surface area (Å²) in [6, 6.07) is 0. The number of hydrogen-bond acceptors (Lipinski definition) is 4. The Bertz CT molecular complexity index is 293. The fraction of sp³-hybridized carbons (Fsp3) is 0.200. The molecule has 2 unspecified atom stereocenters. The minimum atomic E-state index is -0.0406. The molecule has 0 aliphatic carbocycles. The molecule has 2 rings (SSSR count). The molecule has 2 atom stereocenters. The largest absolute Gasteiger partial charge is 0.365 e. The predicted octanol–water partition coefficient (Wildman–Crippen LogP) is 1.44. The molecule has 0 spiro atoms. The maximum Gasteiger partial charge on any atom is 0.158 e. The van der Waals surface area contributed by atoms with Crippen molar-refractivity contribution < 1.29 is 0 Å². The number of hydrogen-bond donors (Lipinski definition) is 2. The van der Waals surface area contributed by atoms with Crippen molar-refractivity contribution in [1.29, 1.82) is 0 Å². The molecule has 2 aliphatic rings. The summed E-state index contributed by atoms with van der Waals surface area (Å²) in [4.78, 5) is 0. The molecule has 0 aromatic heterocycles. The normalized spacial score (nSPS) is 29.1. The molecule has 2 N–H and O–H groups in total. The molecule has 72 valence electrons. The van der Waals surface area contributed by atoms with Crippen molar-refractivity contribution in [3.63, 3.8) is 0 Å². The number of nitrogens with zero attached hydrogens (tertiary/aromatic N) is 2. The zero-order valence-corrected chi connectivity index (χ0v) is 7.67. The summed E-state index contributed by atoms with van der Waals surface area (Å²) in [6.45, 7) is 0. The van der Waals surface area contributed by atoms with E-state index in [1.54, 1.807) is 0 Å². The van der Waals surface area contributed by atoms with Crippen LogP contribution in [0.4, 0.5) is 0 Å². The summed E-state index contributed by atoms with van der Waals surface area (Å²) in [5, 5.41) is 14.4. The van der Waals surface area contributed by atoms with Crippen LogP contribution in [0.5, 0.6) is 0 Å². The highest BCUT2D eigenvalue weighted by Crippen LogP contribution is 2.01. The highest BCUT2D eigenvalue weighted by Gasteiger charge is 2.03. The minimum absolute atomic E-state index is 0.0406. The molecule has 14 heavy (non-hydrogen) atoms. The lowest BCUT2D eigenvalue weighted by atomic mass is 10.3. The molecule has 0 amide bonds. The van der Waals surface area contributed by atoms with Crippen LogP contribution in [0, 0.1) is 0 Å². The van der Waals surface area contributed by atoms with E-state index in [9.17, 15) is 0 Å². The first-order valence-corrected chi connectivity index (χ1v) is 4.54. The van der Waals surface area contributed by atoms with Gasteiger partial charge in [-0.3, -0.25) is 0 Å². The van der Waals surface area contributed by atoms with Crippen LogP contribution in [-0.2, 0) is 0 Å². The Morgan fingerprint density at radius 2 is 1.21 bits per heavy atom. The van der Waals surface area contributed by atoms with Crippen LogP contribution in [0.3, 0.4) is 0 Å². The van der Waals surface area contributed by atoms with E-state index in [-0.39, 0.29) is 12.3 Å². The van der Waals surface area contributed by atoms with Crippen LogP contribution in [-0.4, -0.2) is 12.3 Å².